The lowest BCUT2D eigenvalue weighted by Crippen LogP contribution is -2.39. The van der Waals surface area contributed by atoms with Gasteiger partial charge in [-0.15, -0.1) is 0 Å². The van der Waals surface area contributed by atoms with Gasteiger partial charge in [-0.2, -0.15) is 0 Å². The Labute approximate surface area is 243 Å². The molecule has 2 aromatic heterocycles. The van der Waals surface area contributed by atoms with Gasteiger partial charge in [-0.3, -0.25) is 19.5 Å². The number of hydrogen-bond acceptors (Lipinski definition) is 10. The molecule has 1 aliphatic rings. The van der Waals surface area contributed by atoms with Gasteiger partial charge in [0.2, 0.25) is 0 Å². The third kappa shape index (κ3) is 5.12. The number of thiazole rings is 1. The van der Waals surface area contributed by atoms with Crippen LogP contribution < -0.4 is 24.4 Å². The Hall–Kier alpha value is -4.97. The summed E-state index contributed by atoms with van der Waals surface area (Å²) in [6.45, 7) is 5.40. The van der Waals surface area contributed by atoms with E-state index in [1.54, 1.807) is 56.3 Å². The second-order valence-corrected chi connectivity index (χ2v) is 10.4. The van der Waals surface area contributed by atoms with Crippen molar-refractivity contribution in [3.05, 3.63) is 106 Å². The normalized spacial score (nSPS) is 14.8. The highest BCUT2D eigenvalue weighted by molar-refractivity contribution is 7.07. The molecule has 0 radical (unpaired) electrons. The predicted octanol–water partition coefficient (Wildman–Crippen LogP) is 4.29. The average molecular weight is 590 g/mol. The standard InChI is InChI=1S/C30H27N3O8S/c1-6-40-29(35)26-17(3)31-30-32(27(26)18-8-11-23(38-4)24(13-18)39-5)28(34)25(42-30)15-20-10-12-22(41-20)21-14-19(33(36)37)9-7-16(21)2/h7-15,27H,6H2,1-5H3/b25-15-. The van der Waals surface area contributed by atoms with E-state index >= 15 is 0 Å². The van der Waals surface area contributed by atoms with Crippen LogP contribution in [0.3, 0.4) is 0 Å². The summed E-state index contributed by atoms with van der Waals surface area (Å²) in [6.07, 6.45) is 1.59. The van der Waals surface area contributed by atoms with E-state index in [1.807, 2.05) is 6.92 Å². The molecule has 5 rings (SSSR count). The maximum absolute atomic E-state index is 13.9. The van der Waals surface area contributed by atoms with Gasteiger partial charge in [0.15, 0.2) is 16.3 Å². The Balaban J connectivity index is 1.65. The lowest BCUT2D eigenvalue weighted by Gasteiger charge is -2.25. The minimum Gasteiger partial charge on any atom is -0.493 e. The van der Waals surface area contributed by atoms with E-state index in [1.165, 1.54) is 30.9 Å². The van der Waals surface area contributed by atoms with Gasteiger partial charge in [0.05, 0.1) is 47.6 Å². The van der Waals surface area contributed by atoms with Crippen LogP contribution in [0.15, 0.2) is 74.0 Å². The van der Waals surface area contributed by atoms with Gasteiger partial charge in [-0.25, -0.2) is 9.79 Å². The molecule has 1 aliphatic heterocycles. The zero-order valence-corrected chi connectivity index (χ0v) is 24.3. The molecule has 42 heavy (non-hydrogen) atoms. The maximum atomic E-state index is 13.9. The van der Waals surface area contributed by atoms with Gasteiger partial charge in [0.25, 0.3) is 11.2 Å². The van der Waals surface area contributed by atoms with Crippen molar-refractivity contribution in [2.75, 3.05) is 20.8 Å². The molecule has 12 heteroatoms. The highest BCUT2D eigenvalue weighted by atomic mass is 32.1. The Kier molecular flexibility index (Phi) is 7.81. The second kappa shape index (κ2) is 11.5. The number of rotatable bonds is 8. The SMILES string of the molecule is CCOC(=O)C1=C(C)N=c2s/c(=C\c3ccc(-c4cc([N+](=O)[O-])ccc4C)o3)c(=O)n2C1c1ccc(OC)c(OC)c1. The first kappa shape index (κ1) is 28.6. The highest BCUT2D eigenvalue weighted by Gasteiger charge is 2.34. The predicted molar refractivity (Wildman–Crippen MR) is 155 cm³/mol. The Morgan fingerprint density at radius 1 is 1.12 bits per heavy atom. The van der Waals surface area contributed by atoms with Crippen LogP contribution in [0.2, 0.25) is 0 Å². The van der Waals surface area contributed by atoms with Crippen molar-refractivity contribution in [1.82, 2.24) is 4.57 Å². The van der Waals surface area contributed by atoms with Gasteiger partial charge in [-0.05, 0) is 56.2 Å². The van der Waals surface area contributed by atoms with Gasteiger partial charge < -0.3 is 18.6 Å². The number of esters is 1. The molecule has 0 saturated carbocycles. The molecule has 216 valence electrons. The van der Waals surface area contributed by atoms with Crippen molar-refractivity contribution in [3.63, 3.8) is 0 Å². The topological polar surface area (TPSA) is 135 Å². The molecule has 2 aromatic carbocycles. The molecule has 1 unspecified atom stereocenters. The third-order valence-electron chi connectivity index (χ3n) is 6.84. The Bertz CT molecular complexity index is 1930. The number of ether oxygens (including phenoxy) is 3. The molecule has 3 heterocycles. The summed E-state index contributed by atoms with van der Waals surface area (Å²) < 4.78 is 24.0. The number of nitrogens with zero attached hydrogens (tertiary/aromatic N) is 3. The van der Waals surface area contributed by atoms with Crippen molar-refractivity contribution >= 4 is 29.1 Å². The smallest absolute Gasteiger partial charge is 0.338 e. The number of methoxy groups -OCH3 is 2. The zero-order valence-electron chi connectivity index (χ0n) is 23.5. The van der Waals surface area contributed by atoms with Gasteiger partial charge in [-0.1, -0.05) is 23.5 Å². The van der Waals surface area contributed by atoms with Crippen LogP contribution >= 0.6 is 11.3 Å². The van der Waals surface area contributed by atoms with E-state index in [9.17, 15) is 19.7 Å². The molecular weight excluding hydrogens is 562 g/mol. The summed E-state index contributed by atoms with van der Waals surface area (Å²) >= 11 is 1.15. The molecule has 0 amide bonds. The maximum Gasteiger partial charge on any atom is 0.338 e. The number of carbonyl (C=O) groups excluding carboxylic acids is 1. The van der Waals surface area contributed by atoms with Gasteiger partial charge in [0.1, 0.15) is 11.5 Å². The number of aryl methyl sites for hydroxylation is 1. The first-order chi connectivity index (χ1) is 20.2. The lowest BCUT2D eigenvalue weighted by molar-refractivity contribution is -0.384. The number of fused-ring (bicyclic) bond motifs is 1. The summed E-state index contributed by atoms with van der Waals surface area (Å²) in [5.74, 6) is 1.18. The van der Waals surface area contributed by atoms with Crippen LogP contribution in [0, 0.1) is 17.0 Å². The van der Waals surface area contributed by atoms with Gasteiger partial charge in [0, 0.05) is 23.8 Å². The number of aromatic nitrogens is 1. The quantitative estimate of drug-likeness (QED) is 0.169. The number of nitro benzene ring substituents is 1. The molecular formula is C30H27N3O8S. The highest BCUT2D eigenvalue weighted by Crippen LogP contribution is 2.36. The number of allylic oxidation sites excluding steroid dienone is 1. The van der Waals surface area contributed by atoms with Crippen LogP contribution in [0.4, 0.5) is 5.69 Å². The fourth-order valence-electron chi connectivity index (χ4n) is 4.82. The molecule has 0 fully saturated rings. The molecule has 1 atom stereocenters. The average Bonchev–Trinajstić information content (AvgIpc) is 3.56. The first-order valence-corrected chi connectivity index (χ1v) is 13.7. The number of hydrogen-bond donors (Lipinski definition) is 0. The third-order valence-corrected chi connectivity index (χ3v) is 7.82. The summed E-state index contributed by atoms with van der Waals surface area (Å²) in [5.41, 5.74) is 2.24. The van der Waals surface area contributed by atoms with Crippen LogP contribution in [0.5, 0.6) is 11.5 Å². The van der Waals surface area contributed by atoms with Crippen molar-refractivity contribution in [1.29, 1.82) is 0 Å². The van der Waals surface area contributed by atoms with Crippen molar-refractivity contribution in [2.45, 2.75) is 26.8 Å². The number of carbonyl (C=O) groups is 1. The summed E-state index contributed by atoms with van der Waals surface area (Å²) in [5, 5.41) is 11.3. The van der Waals surface area contributed by atoms with Crippen molar-refractivity contribution in [3.8, 4) is 22.8 Å². The second-order valence-electron chi connectivity index (χ2n) is 9.38. The van der Waals surface area contributed by atoms with Crippen molar-refractivity contribution < 1.29 is 28.3 Å². The van der Waals surface area contributed by atoms with E-state index in [2.05, 4.69) is 4.99 Å². The van der Waals surface area contributed by atoms with Crippen LogP contribution in [0.25, 0.3) is 17.4 Å². The van der Waals surface area contributed by atoms with Crippen LogP contribution in [-0.2, 0) is 9.53 Å². The van der Waals surface area contributed by atoms with E-state index in [4.69, 9.17) is 18.6 Å². The minimum atomic E-state index is -0.832. The molecule has 0 bridgehead atoms. The Morgan fingerprint density at radius 3 is 2.57 bits per heavy atom. The number of benzene rings is 2. The molecule has 0 aliphatic carbocycles. The fraction of sp³-hybridized carbons (Fsp3) is 0.233. The molecule has 0 spiro atoms. The van der Waals surface area contributed by atoms with E-state index in [0.717, 1.165) is 16.9 Å². The summed E-state index contributed by atoms with van der Waals surface area (Å²) in [6, 6.07) is 12.3. The lowest BCUT2D eigenvalue weighted by atomic mass is 9.95. The van der Waals surface area contributed by atoms with Crippen molar-refractivity contribution in [2.24, 2.45) is 4.99 Å². The van der Waals surface area contributed by atoms with Crippen LogP contribution in [0.1, 0.15) is 36.8 Å². The van der Waals surface area contributed by atoms with E-state index < -0.39 is 16.9 Å². The monoisotopic (exact) mass is 589 g/mol. The van der Waals surface area contributed by atoms with Gasteiger partial charge >= 0.3 is 5.97 Å². The van der Waals surface area contributed by atoms with E-state index in [-0.39, 0.29) is 23.4 Å². The van der Waals surface area contributed by atoms with E-state index in [0.29, 0.717) is 49.2 Å². The Morgan fingerprint density at radius 2 is 1.88 bits per heavy atom. The number of non-ortho nitro benzene ring substituents is 1. The number of furan rings is 1. The first-order valence-electron chi connectivity index (χ1n) is 12.9. The molecule has 0 saturated heterocycles. The molecule has 4 aromatic rings. The number of nitro groups is 1. The summed E-state index contributed by atoms with van der Waals surface area (Å²) in [7, 11) is 3.03. The fourth-order valence-corrected chi connectivity index (χ4v) is 5.85. The molecule has 0 N–H and O–H groups in total. The minimum absolute atomic E-state index is 0.0511. The molecule has 11 nitrogen and oxygen atoms in total. The summed E-state index contributed by atoms with van der Waals surface area (Å²) in [4.78, 5) is 42.8. The zero-order chi connectivity index (χ0) is 30.1. The largest absolute Gasteiger partial charge is 0.493 e. The van der Waals surface area contributed by atoms with Crippen LogP contribution in [-0.4, -0.2) is 36.3 Å².